The summed E-state index contributed by atoms with van der Waals surface area (Å²) < 4.78 is 25.2. The van der Waals surface area contributed by atoms with E-state index in [9.17, 15) is 14.3 Å². The van der Waals surface area contributed by atoms with Crippen molar-refractivity contribution in [3.05, 3.63) is 83.8 Å². The zero-order chi connectivity index (χ0) is 24.9. The van der Waals surface area contributed by atoms with E-state index in [1.165, 1.54) is 13.2 Å². The monoisotopic (exact) mass is 476 g/mol. The number of methoxy groups -OCH3 is 1. The van der Waals surface area contributed by atoms with E-state index in [1.807, 2.05) is 44.3 Å². The maximum absolute atomic E-state index is 14.3. The first-order valence-electron chi connectivity index (χ1n) is 11.5. The molecule has 0 saturated carbocycles. The Balaban J connectivity index is 1.62. The van der Waals surface area contributed by atoms with Gasteiger partial charge in [0.15, 0.2) is 11.6 Å². The molecular weight excluding hydrogens is 447 g/mol. The maximum atomic E-state index is 14.3. The lowest BCUT2D eigenvalue weighted by molar-refractivity contribution is 0.0910. The van der Waals surface area contributed by atoms with Crippen molar-refractivity contribution >= 4 is 16.8 Å². The molecule has 4 aromatic rings. The van der Waals surface area contributed by atoms with Crippen molar-refractivity contribution < 1.29 is 23.8 Å². The van der Waals surface area contributed by atoms with Gasteiger partial charge in [-0.05, 0) is 67.3 Å². The van der Waals surface area contributed by atoms with Gasteiger partial charge < -0.3 is 24.9 Å². The molecule has 1 amide bonds. The number of H-pyrrole nitrogens is 1. The van der Waals surface area contributed by atoms with Crippen molar-refractivity contribution in [2.45, 2.75) is 32.4 Å². The second-order valence-corrected chi connectivity index (χ2v) is 8.64. The van der Waals surface area contributed by atoms with Gasteiger partial charge in [0.05, 0.1) is 31.4 Å². The van der Waals surface area contributed by atoms with Crippen LogP contribution in [0.4, 0.5) is 4.39 Å². The second kappa shape index (κ2) is 10.6. The van der Waals surface area contributed by atoms with Gasteiger partial charge in [-0.3, -0.25) is 4.79 Å². The molecule has 1 atom stereocenters. The molecule has 1 heterocycles. The quantitative estimate of drug-likeness (QED) is 0.314. The van der Waals surface area contributed by atoms with Crippen LogP contribution in [0, 0.1) is 5.82 Å². The summed E-state index contributed by atoms with van der Waals surface area (Å²) >= 11 is 0. The van der Waals surface area contributed by atoms with E-state index >= 15 is 0 Å². The summed E-state index contributed by atoms with van der Waals surface area (Å²) in [5, 5.41) is 14.0. The van der Waals surface area contributed by atoms with Gasteiger partial charge in [0.2, 0.25) is 0 Å². The van der Waals surface area contributed by atoms with Crippen molar-refractivity contribution in [2.75, 3.05) is 13.7 Å². The average Bonchev–Trinajstić information content (AvgIpc) is 3.26. The molecular formula is C28H29FN2O4. The molecule has 0 radical (unpaired) electrons. The Bertz CT molecular complexity index is 1330. The van der Waals surface area contributed by atoms with E-state index in [0.29, 0.717) is 28.9 Å². The lowest BCUT2D eigenvalue weighted by atomic mass is 10.0. The number of aliphatic hydroxyl groups is 1. The number of rotatable bonds is 9. The molecule has 0 unspecified atom stereocenters. The van der Waals surface area contributed by atoms with Crippen LogP contribution in [0.1, 0.15) is 29.8 Å². The Hall–Kier alpha value is -3.84. The Morgan fingerprint density at radius 3 is 2.46 bits per heavy atom. The van der Waals surface area contributed by atoms with E-state index in [2.05, 4.69) is 10.3 Å². The molecule has 0 aliphatic carbocycles. The Morgan fingerprint density at radius 1 is 1.06 bits per heavy atom. The van der Waals surface area contributed by atoms with Crippen LogP contribution in [-0.4, -0.2) is 41.9 Å². The van der Waals surface area contributed by atoms with Crippen molar-refractivity contribution in [3.63, 3.8) is 0 Å². The number of benzene rings is 3. The molecule has 3 aromatic carbocycles. The number of carbonyl (C=O) groups excluding carboxylic acids is 1. The molecule has 0 saturated heterocycles. The number of halogens is 1. The molecule has 0 fully saturated rings. The highest BCUT2D eigenvalue weighted by Gasteiger charge is 2.20. The largest absolute Gasteiger partial charge is 0.494 e. The lowest BCUT2D eigenvalue weighted by Crippen LogP contribution is -2.39. The smallest absolute Gasteiger partial charge is 0.255 e. The summed E-state index contributed by atoms with van der Waals surface area (Å²) in [5.74, 6) is -0.304. The van der Waals surface area contributed by atoms with E-state index in [-0.39, 0.29) is 24.4 Å². The summed E-state index contributed by atoms with van der Waals surface area (Å²) in [6.07, 6.45) is 2.20. The SMILES string of the molecule is COc1ccc(-c2ccc(OC(C)C)c(C(=O)N[C@@H](CO)Cc3c[nH]c4ccccc34)c2)cc1F. The Labute approximate surface area is 203 Å². The fourth-order valence-electron chi connectivity index (χ4n) is 4.08. The number of amides is 1. The maximum Gasteiger partial charge on any atom is 0.255 e. The average molecular weight is 477 g/mol. The third-order valence-corrected chi connectivity index (χ3v) is 5.77. The molecule has 3 N–H and O–H groups in total. The number of para-hydroxylation sites is 1. The molecule has 6 nitrogen and oxygen atoms in total. The summed E-state index contributed by atoms with van der Waals surface area (Å²) in [6.45, 7) is 3.53. The van der Waals surface area contributed by atoms with Crippen LogP contribution in [0.5, 0.6) is 11.5 Å². The first kappa shape index (κ1) is 24.3. The molecule has 0 bridgehead atoms. The number of aromatic amines is 1. The summed E-state index contributed by atoms with van der Waals surface area (Å²) in [6, 6.07) is 17.2. The van der Waals surface area contributed by atoms with Crippen LogP contribution in [0.2, 0.25) is 0 Å². The Morgan fingerprint density at radius 2 is 1.77 bits per heavy atom. The topological polar surface area (TPSA) is 83.6 Å². The third kappa shape index (κ3) is 5.46. The van der Waals surface area contributed by atoms with Crippen LogP contribution in [0.3, 0.4) is 0 Å². The molecule has 182 valence electrons. The zero-order valence-electron chi connectivity index (χ0n) is 20.0. The fourth-order valence-corrected chi connectivity index (χ4v) is 4.08. The van der Waals surface area contributed by atoms with E-state index in [1.54, 1.807) is 30.3 Å². The number of fused-ring (bicyclic) bond motifs is 1. The van der Waals surface area contributed by atoms with Gasteiger partial charge in [-0.2, -0.15) is 0 Å². The fraction of sp³-hybridized carbons (Fsp3) is 0.250. The summed E-state index contributed by atoms with van der Waals surface area (Å²) in [7, 11) is 1.41. The molecule has 35 heavy (non-hydrogen) atoms. The van der Waals surface area contributed by atoms with Gasteiger partial charge in [0, 0.05) is 17.1 Å². The predicted octanol–water partition coefficient (Wildman–Crippen LogP) is 5.10. The predicted molar refractivity (Wildman–Crippen MR) is 134 cm³/mol. The zero-order valence-corrected chi connectivity index (χ0v) is 20.0. The highest BCUT2D eigenvalue weighted by atomic mass is 19.1. The standard InChI is InChI=1S/C28H29FN2O4/c1-17(2)35-26-10-8-18(19-9-11-27(34-3)24(29)14-19)13-23(26)28(33)31-21(16-32)12-20-15-30-25-7-5-4-6-22(20)25/h4-11,13-15,17,21,30,32H,12,16H2,1-3H3,(H,31,33)/t21-/m1/s1. The van der Waals surface area contributed by atoms with Crippen LogP contribution in [0.25, 0.3) is 22.0 Å². The molecule has 1 aromatic heterocycles. The summed E-state index contributed by atoms with van der Waals surface area (Å²) in [5.41, 5.74) is 3.57. The van der Waals surface area contributed by atoms with Gasteiger partial charge in [0.25, 0.3) is 5.91 Å². The summed E-state index contributed by atoms with van der Waals surface area (Å²) in [4.78, 5) is 16.6. The van der Waals surface area contributed by atoms with E-state index in [0.717, 1.165) is 16.5 Å². The number of carbonyl (C=O) groups is 1. The van der Waals surface area contributed by atoms with Crippen LogP contribution >= 0.6 is 0 Å². The highest BCUT2D eigenvalue weighted by molar-refractivity contribution is 5.98. The normalized spacial score (nSPS) is 12.1. The lowest BCUT2D eigenvalue weighted by Gasteiger charge is -2.19. The first-order valence-corrected chi connectivity index (χ1v) is 11.5. The van der Waals surface area contributed by atoms with Crippen LogP contribution < -0.4 is 14.8 Å². The number of ether oxygens (including phenoxy) is 2. The first-order chi connectivity index (χ1) is 16.9. The molecule has 4 rings (SSSR count). The van der Waals surface area contributed by atoms with Gasteiger partial charge in [-0.1, -0.05) is 30.3 Å². The minimum absolute atomic E-state index is 0.148. The number of hydrogen-bond acceptors (Lipinski definition) is 4. The van der Waals surface area contributed by atoms with Crippen LogP contribution in [0.15, 0.2) is 66.9 Å². The molecule has 7 heteroatoms. The third-order valence-electron chi connectivity index (χ3n) is 5.77. The number of aromatic nitrogens is 1. The van der Waals surface area contributed by atoms with E-state index < -0.39 is 11.9 Å². The van der Waals surface area contributed by atoms with Crippen molar-refractivity contribution in [2.24, 2.45) is 0 Å². The van der Waals surface area contributed by atoms with Gasteiger partial charge >= 0.3 is 0 Å². The van der Waals surface area contributed by atoms with Crippen LogP contribution in [-0.2, 0) is 6.42 Å². The van der Waals surface area contributed by atoms with Crippen molar-refractivity contribution in [3.8, 4) is 22.6 Å². The van der Waals surface area contributed by atoms with Gasteiger partial charge in [-0.25, -0.2) is 4.39 Å². The van der Waals surface area contributed by atoms with Crippen molar-refractivity contribution in [1.29, 1.82) is 0 Å². The molecule has 0 aliphatic rings. The van der Waals surface area contributed by atoms with E-state index in [4.69, 9.17) is 9.47 Å². The highest BCUT2D eigenvalue weighted by Crippen LogP contribution is 2.30. The number of nitrogens with one attached hydrogen (secondary N) is 2. The van der Waals surface area contributed by atoms with Gasteiger partial charge in [0.1, 0.15) is 5.75 Å². The molecule has 0 spiro atoms. The number of hydrogen-bond donors (Lipinski definition) is 3. The Kier molecular flexibility index (Phi) is 7.36. The van der Waals surface area contributed by atoms with Crippen molar-refractivity contribution in [1.82, 2.24) is 10.3 Å². The number of aliphatic hydroxyl groups excluding tert-OH is 1. The second-order valence-electron chi connectivity index (χ2n) is 8.64. The minimum atomic E-state index is -0.504. The van der Waals surface area contributed by atoms with Gasteiger partial charge in [-0.15, -0.1) is 0 Å². The molecule has 0 aliphatic heterocycles. The minimum Gasteiger partial charge on any atom is -0.494 e.